The molecule has 0 atom stereocenters. The molecule has 8 aromatic rings. The lowest BCUT2D eigenvalue weighted by atomic mass is 9.92. The number of benzene rings is 7. The first kappa shape index (κ1) is 25.4. The van der Waals surface area contributed by atoms with E-state index in [0.717, 1.165) is 10.9 Å². The number of para-hydroxylation sites is 1. The highest BCUT2D eigenvalue weighted by molar-refractivity contribution is 7.19. The van der Waals surface area contributed by atoms with Crippen LogP contribution in [-0.2, 0) is 0 Å². The monoisotopic (exact) mass is 563 g/mol. The maximum Gasteiger partial charge on any atom is 0.179 e. The van der Waals surface area contributed by atoms with Crippen molar-refractivity contribution < 1.29 is 0 Å². The molecule has 0 fully saturated rings. The summed E-state index contributed by atoms with van der Waals surface area (Å²) in [4.78, 5) is 4.80. The molecule has 0 radical (unpaired) electrons. The standard InChI is InChI=1S/C41H29NSi/c1-4-14-32(15-5-1)43(33-16-6-2-7-17-33,34-18-8-3-9-19-34)35-26-24-30(25-27-35)39-28-31-29-42-40-23-13-12-22-38(40)41(31)37-21-11-10-20-36(37)39/h1-29H. The predicted molar refractivity (Wildman–Crippen MR) is 186 cm³/mol. The smallest absolute Gasteiger partial charge is 0.179 e. The first-order valence-corrected chi connectivity index (χ1v) is 16.8. The fourth-order valence-electron chi connectivity index (χ4n) is 6.94. The van der Waals surface area contributed by atoms with Crippen LogP contribution in [0.5, 0.6) is 0 Å². The Bertz CT molecular complexity index is 2110. The van der Waals surface area contributed by atoms with Gasteiger partial charge in [-0.25, -0.2) is 0 Å². The molecule has 0 unspecified atom stereocenters. The van der Waals surface area contributed by atoms with Crippen LogP contribution in [0.4, 0.5) is 0 Å². The summed E-state index contributed by atoms with van der Waals surface area (Å²) in [5.41, 5.74) is 3.48. The largest absolute Gasteiger partial charge is 0.256 e. The van der Waals surface area contributed by atoms with Gasteiger partial charge in [-0.15, -0.1) is 0 Å². The van der Waals surface area contributed by atoms with Crippen molar-refractivity contribution >= 4 is 61.3 Å². The zero-order chi connectivity index (χ0) is 28.6. The van der Waals surface area contributed by atoms with E-state index in [-0.39, 0.29) is 0 Å². The van der Waals surface area contributed by atoms with Crippen molar-refractivity contribution in [2.45, 2.75) is 0 Å². The second-order valence-corrected chi connectivity index (χ2v) is 14.9. The normalized spacial score (nSPS) is 11.7. The Kier molecular flexibility index (Phi) is 6.21. The molecular weight excluding hydrogens is 535 g/mol. The van der Waals surface area contributed by atoms with Crippen LogP contribution in [0.15, 0.2) is 176 Å². The van der Waals surface area contributed by atoms with Crippen LogP contribution in [0.25, 0.3) is 43.6 Å². The molecule has 1 nitrogen and oxygen atoms in total. The second-order valence-electron chi connectivity index (χ2n) is 11.1. The van der Waals surface area contributed by atoms with Crippen LogP contribution in [0.1, 0.15) is 0 Å². The van der Waals surface area contributed by atoms with Crippen molar-refractivity contribution in [1.82, 2.24) is 4.98 Å². The molecule has 0 aliphatic heterocycles. The van der Waals surface area contributed by atoms with Crippen molar-refractivity contribution in [3.63, 3.8) is 0 Å². The summed E-state index contributed by atoms with van der Waals surface area (Å²) in [7, 11) is -2.56. The molecule has 0 amide bonds. The minimum atomic E-state index is -2.56. The summed E-state index contributed by atoms with van der Waals surface area (Å²) in [5.74, 6) is 0. The zero-order valence-electron chi connectivity index (χ0n) is 23.7. The summed E-state index contributed by atoms with van der Waals surface area (Å²) < 4.78 is 0. The van der Waals surface area contributed by atoms with Gasteiger partial charge in [0.1, 0.15) is 0 Å². The Morgan fingerprint density at radius 2 is 0.860 bits per heavy atom. The lowest BCUT2D eigenvalue weighted by Crippen LogP contribution is -2.74. The van der Waals surface area contributed by atoms with E-state index >= 15 is 0 Å². The number of pyridine rings is 1. The van der Waals surface area contributed by atoms with Crippen molar-refractivity contribution in [1.29, 1.82) is 0 Å². The van der Waals surface area contributed by atoms with E-state index in [1.165, 1.54) is 53.4 Å². The van der Waals surface area contributed by atoms with Crippen molar-refractivity contribution in [2.75, 3.05) is 0 Å². The lowest BCUT2D eigenvalue weighted by molar-refractivity contribution is 1.45. The number of hydrogen-bond acceptors (Lipinski definition) is 1. The number of hydrogen-bond donors (Lipinski definition) is 0. The van der Waals surface area contributed by atoms with E-state index < -0.39 is 8.07 Å². The molecule has 0 saturated heterocycles. The summed E-state index contributed by atoms with van der Waals surface area (Å²) >= 11 is 0. The molecule has 0 aliphatic rings. The van der Waals surface area contributed by atoms with E-state index in [1.807, 2.05) is 6.20 Å². The van der Waals surface area contributed by atoms with E-state index in [0.29, 0.717) is 0 Å². The Morgan fingerprint density at radius 3 is 1.44 bits per heavy atom. The van der Waals surface area contributed by atoms with E-state index in [9.17, 15) is 0 Å². The van der Waals surface area contributed by atoms with Crippen molar-refractivity contribution in [3.05, 3.63) is 176 Å². The predicted octanol–water partition coefficient (Wildman–Crippen LogP) is 7.59. The van der Waals surface area contributed by atoms with Gasteiger partial charge in [-0.1, -0.05) is 158 Å². The molecule has 0 N–H and O–H groups in total. The number of nitrogens with zero attached hydrogens (tertiary/aromatic N) is 1. The highest BCUT2D eigenvalue weighted by atomic mass is 28.3. The highest BCUT2D eigenvalue weighted by Gasteiger charge is 2.41. The Morgan fingerprint density at radius 1 is 0.395 bits per heavy atom. The van der Waals surface area contributed by atoms with E-state index in [1.54, 1.807) is 0 Å². The lowest BCUT2D eigenvalue weighted by Gasteiger charge is -2.34. The molecule has 8 rings (SSSR count). The highest BCUT2D eigenvalue weighted by Crippen LogP contribution is 2.37. The Hall–Kier alpha value is -5.31. The van der Waals surface area contributed by atoms with Gasteiger partial charge < -0.3 is 0 Å². The molecule has 0 bridgehead atoms. The van der Waals surface area contributed by atoms with Crippen LogP contribution in [0.2, 0.25) is 0 Å². The molecule has 1 aromatic heterocycles. The fourth-order valence-corrected chi connectivity index (χ4v) is 11.7. The summed E-state index contributed by atoms with van der Waals surface area (Å²) in [6.07, 6.45) is 2.03. The van der Waals surface area contributed by atoms with Gasteiger partial charge in [0.2, 0.25) is 0 Å². The molecule has 2 heteroatoms. The fraction of sp³-hybridized carbons (Fsp3) is 0. The third-order valence-electron chi connectivity index (χ3n) is 8.84. The maximum atomic E-state index is 4.80. The number of rotatable bonds is 5. The van der Waals surface area contributed by atoms with Gasteiger partial charge >= 0.3 is 0 Å². The summed E-state index contributed by atoms with van der Waals surface area (Å²) in [5, 5.41) is 11.7. The number of fused-ring (bicyclic) bond motifs is 5. The third kappa shape index (κ3) is 4.11. The first-order chi connectivity index (χ1) is 21.3. The maximum absolute atomic E-state index is 4.80. The zero-order valence-corrected chi connectivity index (χ0v) is 24.7. The minimum absolute atomic E-state index is 1.03. The van der Waals surface area contributed by atoms with E-state index in [4.69, 9.17) is 4.98 Å². The Balaban J connectivity index is 1.37. The molecule has 0 spiro atoms. The second kappa shape index (κ2) is 10.5. The molecule has 202 valence electrons. The molecule has 0 saturated carbocycles. The van der Waals surface area contributed by atoms with Crippen LogP contribution < -0.4 is 20.7 Å². The molecule has 43 heavy (non-hydrogen) atoms. The van der Waals surface area contributed by atoms with Gasteiger partial charge in [-0.3, -0.25) is 4.98 Å². The topological polar surface area (TPSA) is 12.9 Å². The van der Waals surface area contributed by atoms with Crippen LogP contribution in [0, 0.1) is 0 Å². The SMILES string of the molecule is c1ccc([Si](c2ccccc2)(c2ccccc2)c2ccc(-c3cc4cnc5ccccc5c4c4ccccc34)cc2)cc1. The molecule has 1 heterocycles. The average molecular weight is 564 g/mol. The van der Waals surface area contributed by atoms with Crippen LogP contribution in [-0.4, -0.2) is 13.1 Å². The van der Waals surface area contributed by atoms with Gasteiger partial charge in [-0.2, -0.15) is 0 Å². The molecular formula is C41H29NSi. The van der Waals surface area contributed by atoms with Crippen LogP contribution in [0.3, 0.4) is 0 Å². The molecule has 0 aliphatic carbocycles. The third-order valence-corrected chi connectivity index (χ3v) is 13.6. The molecule has 7 aromatic carbocycles. The van der Waals surface area contributed by atoms with Gasteiger partial charge in [0, 0.05) is 22.4 Å². The summed E-state index contributed by atoms with van der Waals surface area (Å²) in [6.45, 7) is 0. The minimum Gasteiger partial charge on any atom is -0.256 e. The van der Waals surface area contributed by atoms with Crippen LogP contribution >= 0.6 is 0 Å². The number of aromatic nitrogens is 1. The van der Waals surface area contributed by atoms with Crippen molar-refractivity contribution in [3.8, 4) is 11.1 Å². The Labute approximate surface area is 252 Å². The van der Waals surface area contributed by atoms with Crippen molar-refractivity contribution in [2.24, 2.45) is 0 Å². The van der Waals surface area contributed by atoms with Gasteiger partial charge in [-0.05, 0) is 54.8 Å². The average Bonchev–Trinajstić information content (AvgIpc) is 3.10. The summed E-state index contributed by atoms with van der Waals surface area (Å²) in [6, 6.07) is 62.3. The van der Waals surface area contributed by atoms with Gasteiger partial charge in [0.15, 0.2) is 8.07 Å². The first-order valence-electron chi connectivity index (χ1n) is 14.8. The van der Waals surface area contributed by atoms with Gasteiger partial charge in [0.25, 0.3) is 0 Å². The quantitative estimate of drug-likeness (QED) is 0.119. The van der Waals surface area contributed by atoms with E-state index in [2.05, 4.69) is 170 Å². The van der Waals surface area contributed by atoms with Gasteiger partial charge in [0.05, 0.1) is 5.52 Å².